The van der Waals surface area contributed by atoms with Crippen LogP contribution in [0, 0.1) is 0 Å². The van der Waals surface area contributed by atoms with Gasteiger partial charge in [-0.25, -0.2) is 4.98 Å². The SMILES string of the molecule is CC(C)(C)n1ccnc(N2CCCCC2C=O)c1=O. The number of nitrogens with zero attached hydrogens (tertiary/aromatic N) is 3. The van der Waals surface area contributed by atoms with Gasteiger partial charge in [0.15, 0.2) is 5.82 Å². The topological polar surface area (TPSA) is 55.2 Å². The second-order valence-electron chi connectivity index (χ2n) is 5.99. The summed E-state index contributed by atoms with van der Waals surface area (Å²) in [6.45, 7) is 6.66. The minimum atomic E-state index is -0.290. The highest BCUT2D eigenvalue weighted by molar-refractivity contribution is 5.64. The molecule has 104 valence electrons. The van der Waals surface area contributed by atoms with Gasteiger partial charge in [0.2, 0.25) is 0 Å². The van der Waals surface area contributed by atoms with Gasteiger partial charge in [-0.15, -0.1) is 0 Å². The maximum absolute atomic E-state index is 12.5. The van der Waals surface area contributed by atoms with E-state index >= 15 is 0 Å². The molecule has 0 aromatic carbocycles. The van der Waals surface area contributed by atoms with Crippen LogP contribution in [0.1, 0.15) is 40.0 Å². The first-order chi connectivity index (χ1) is 8.95. The van der Waals surface area contributed by atoms with Crippen LogP contribution < -0.4 is 10.5 Å². The van der Waals surface area contributed by atoms with Crippen LogP contribution >= 0.6 is 0 Å². The summed E-state index contributed by atoms with van der Waals surface area (Å²) >= 11 is 0. The van der Waals surface area contributed by atoms with Crippen LogP contribution in [0.3, 0.4) is 0 Å². The molecule has 1 aliphatic rings. The predicted molar refractivity (Wildman–Crippen MR) is 74.5 cm³/mol. The molecule has 0 aliphatic carbocycles. The van der Waals surface area contributed by atoms with E-state index in [1.807, 2.05) is 25.7 Å². The van der Waals surface area contributed by atoms with E-state index in [0.717, 1.165) is 32.1 Å². The highest BCUT2D eigenvalue weighted by Gasteiger charge is 2.27. The molecule has 0 bridgehead atoms. The summed E-state index contributed by atoms with van der Waals surface area (Å²) in [5, 5.41) is 0. The number of piperidine rings is 1. The van der Waals surface area contributed by atoms with E-state index in [2.05, 4.69) is 4.98 Å². The Labute approximate surface area is 113 Å². The Balaban J connectivity index is 2.45. The van der Waals surface area contributed by atoms with Crippen LogP contribution in [-0.4, -0.2) is 28.4 Å². The predicted octanol–water partition coefficient (Wildman–Crippen LogP) is 1.56. The van der Waals surface area contributed by atoms with Gasteiger partial charge in [0.25, 0.3) is 5.56 Å². The third-order valence-electron chi connectivity index (χ3n) is 3.52. The second kappa shape index (κ2) is 5.15. The minimum Gasteiger partial charge on any atom is -0.342 e. The number of aldehydes is 1. The van der Waals surface area contributed by atoms with Crippen LogP contribution in [0.5, 0.6) is 0 Å². The van der Waals surface area contributed by atoms with Crippen molar-refractivity contribution in [1.82, 2.24) is 9.55 Å². The van der Waals surface area contributed by atoms with E-state index in [9.17, 15) is 9.59 Å². The van der Waals surface area contributed by atoms with Crippen LogP contribution in [0.2, 0.25) is 0 Å². The number of aromatic nitrogens is 2. The maximum atomic E-state index is 12.5. The molecule has 5 nitrogen and oxygen atoms in total. The molecule has 0 saturated carbocycles. The summed E-state index contributed by atoms with van der Waals surface area (Å²) in [5.41, 5.74) is -0.412. The Morgan fingerprint density at radius 2 is 2.11 bits per heavy atom. The first-order valence-electron chi connectivity index (χ1n) is 6.75. The molecule has 0 radical (unpaired) electrons. The minimum absolute atomic E-state index is 0.122. The zero-order chi connectivity index (χ0) is 14.0. The van der Waals surface area contributed by atoms with Crippen molar-refractivity contribution in [1.29, 1.82) is 0 Å². The van der Waals surface area contributed by atoms with Crippen molar-refractivity contribution in [3.8, 4) is 0 Å². The lowest BCUT2D eigenvalue weighted by atomic mass is 10.0. The normalized spacial score (nSPS) is 20.4. The summed E-state index contributed by atoms with van der Waals surface area (Å²) in [6, 6.07) is -0.218. The fourth-order valence-electron chi connectivity index (χ4n) is 2.49. The van der Waals surface area contributed by atoms with E-state index in [-0.39, 0.29) is 17.1 Å². The molecule has 2 rings (SSSR count). The van der Waals surface area contributed by atoms with Crippen molar-refractivity contribution < 1.29 is 4.79 Å². The van der Waals surface area contributed by atoms with E-state index in [1.165, 1.54) is 0 Å². The lowest BCUT2D eigenvalue weighted by molar-refractivity contribution is -0.109. The summed E-state index contributed by atoms with van der Waals surface area (Å²) in [5.74, 6) is 0.397. The van der Waals surface area contributed by atoms with Gasteiger partial charge in [-0.2, -0.15) is 0 Å². The van der Waals surface area contributed by atoms with Crippen molar-refractivity contribution in [2.75, 3.05) is 11.4 Å². The molecular formula is C14H21N3O2. The number of hydrogen-bond acceptors (Lipinski definition) is 4. The van der Waals surface area contributed by atoms with Gasteiger partial charge in [-0.05, 0) is 40.0 Å². The molecule has 1 aliphatic heterocycles. The van der Waals surface area contributed by atoms with Gasteiger partial charge in [0.05, 0.1) is 6.04 Å². The Morgan fingerprint density at radius 3 is 2.74 bits per heavy atom. The zero-order valence-electron chi connectivity index (χ0n) is 11.8. The van der Waals surface area contributed by atoms with Gasteiger partial charge in [0.1, 0.15) is 6.29 Å². The highest BCUT2D eigenvalue weighted by atomic mass is 16.1. The molecule has 1 fully saturated rings. The molecule has 19 heavy (non-hydrogen) atoms. The number of anilines is 1. The summed E-state index contributed by atoms with van der Waals surface area (Å²) < 4.78 is 1.67. The van der Waals surface area contributed by atoms with E-state index < -0.39 is 0 Å². The fourth-order valence-corrected chi connectivity index (χ4v) is 2.49. The highest BCUT2D eigenvalue weighted by Crippen LogP contribution is 2.20. The Kier molecular flexibility index (Phi) is 3.73. The quantitative estimate of drug-likeness (QED) is 0.760. The maximum Gasteiger partial charge on any atom is 0.294 e. The molecule has 1 saturated heterocycles. The number of carbonyl (C=O) groups excluding carboxylic acids is 1. The number of rotatable bonds is 2. The number of carbonyl (C=O) groups is 1. The first kappa shape index (κ1) is 13.8. The van der Waals surface area contributed by atoms with Gasteiger partial charge >= 0.3 is 0 Å². The van der Waals surface area contributed by atoms with Crippen LogP contribution in [0.15, 0.2) is 17.2 Å². The van der Waals surface area contributed by atoms with Crippen LogP contribution in [0.25, 0.3) is 0 Å². The molecule has 2 heterocycles. The molecule has 5 heteroatoms. The van der Waals surface area contributed by atoms with Crippen molar-refractivity contribution in [3.05, 3.63) is 22.7 Å². The summed E-state index contributed by atoms with van der Waals surface area (Å²) in [6.07, 6.45) is 7.09. The number of hydrogen-bond donors (Lipinski definition) is 0. The van der Waals surface area contributed by atoms with Gasteiger partial charge in [-0.1, -0.05) is 0 Å². The molecule has 1 aromatic rings. The Hall–Kier alpha value is -1.65. The summed E-state index contributed by atoms with van der Waals surface area (Å²) in [7, 11) is 0. The molecule has 0 N–H and O–H groups in total. The second-order valence-corrected chi connectivity index (χ2v) is 5.99. The lowest BCUT2D eigenvalue weighted by Gasteiger charge is -2.33. The molecule has 0 spiro atoms. The van der Waals surface area contributed by atoms with Gasteiger partial charge in [-0.3, -0.25) is 4.79 Å². The van der Waals surface area contributed by atoms with Gasteiger partial charge in [0, 0.05) is 24.5 Å². The first-order valence-corrected chi connectivity index (χ1v) is 6.75. The van der Waals surface area contributed by atoms with Gasteiger partial charge < -0.3 is 14.3 Å². The van der Waals surface area contributed by atoms with E-state index in [0.29, 0.717) is 5.82 Å². The van der Waals surface area contributed by atoms with Crippen LogP contribution in [0.4, 0.5) is 5.82 Å². The Morgan fingerprint density at radius 1 is 1.37 bits per heavy atom. The molecular weight excluding hydrogens is 242 g/mol. The fraction of sp³-hybridized carbons (Fsp3) is 0.643. The zero-order valence-corrected chi connectivity index (χ0v) is 11.8. The van der Waals surface area contributed by atoms with E-state index in [4.69, 9.17) is 0 Å². The van der Waals surface area contributed by atoms with Crippen molar-refractivity contribution in [2.24, 2.45) is 0 Å². The average Bonchev–Trinajstić information content (AvgIpc) is 2.37. The van der Waals surface area contributed by atoms with Crippen LogP contribution in [-0.2, 0) is 10.3 Å². The largest absolute Gasteiger partial charge is 0.342 e. The molecule has 0 amide bonds. The standard InChI is InChI=1S/C14H21N3O2/c1-14(2,3)17-9-7-15-12(13(17)19)16-8-5-4-6-11(16)10-18/h7,9-11H,4-6,8H2,1-3H3. The van der Waals surface area contributed by atoms with Crippen molar-refractivity contribution in [2.45, 2.75) is 51.6 Å². The van der Waals surface area contributed by atoms with Crippen molar-refractivity contribution >= 4 is 12.1 Å². The third kappa shape index (κ3) is 2.69. The third-order valence-corrected chi connectivity index (χ3v) is 3.52. The summed E-state index contributed by atoms with van der Waals surface area (Å²) in [4.78, 5) is 29.7. The lowest BCUT2D eigenvalue weighted by Crippen LogP contribution is -2.46. The average molecular weight is 263 g/mol. The molecule has 1 aromatic heterocycles. The molecule has 1 unspecified atom stereocenters. The smallest absolute Gasteiger partial charge is 0.294 e. The Bertz CT molecular complexity index is 516. The van der Waals surface area contributed by atoms with E-state index in [1.54, 1.807) is 17.0 Å². The molecule has 1 atom stereocenters. The monoisotopic (exact) mass is 263 g/mol. The van der Waals surface area contributed by atoms with Crippen molar-refractivity contribution in [3.63, 3.8) is 0 Å².